The number of ether oxygens (including phenoxy) is 1. The summed E-state index contributed by atoms with van der Waals surface area (Å²) in [6.07, 6.45) is 3.38. The van der Waals surface area contributed by atoms with Gasteiger partial charge in [-0.2, -0.15) is 0 Å². The number of benzene rings is 1. The maximum absolute atomic E-state index is 12.4. The molecule has 3 rings (SSSR count). The summed E-state index contributed by atoms with van der Waals surface area (Å²) in [5.74, 6) is 0. The van der Waals surface area contributed by atoms with Crippen molar-refractivity contribution in [2.24, 2.45) is 0 Å². The van der Waals surface area contributed by atoms with Crippen LogP contribution in [0.5, 0.6) is 0 Å². The fraction of sp³-hybridized carbons (Fsp3) is 0.611. The second-order valence-corrected chi connectivity index (χ2v) is 6.96. The predicted molar refractivity (Wildman–Crippen MR) is 91.5 cm³/mol. The first-order valence-corrected chi connectivity index (χ1v) is 8.59. The van der Waals surface area contributed by atoms with Gasteiger partial charge in [0.25, 0.3) is 0 Å². The number of carbonyl (C=O) groups excluding carboxylic acids is 1. The highest BCUT2D eigenvalue weighted by Gasteiger charge is 2.43. The van der Waals surface area contributed by atoms with E-state index in [4.69, 9.17) is 4.74 Å². The quantitative estimate of drug-likeness (QED) is 0.897. The van der Waals surface area contributed by atoms with Crippen LogP contribution in [0.3, 0.4) is 0 Å². The van der Waals surface area contributed by atoms with Gasteiger partial charge in [-0.25, -0.2) is 4.79 Å². The van der Waals surface area contributed by atoms with Crippen LogP contribution in [0, 0.1) is 0 Å². The van der Waals surface area contributed by atoms with Crippen LogP contribution in [-0.2, 0) is 11.3 Å². The minimum Gasteiger partial charge on any atom is -0.383 e. The first kappa shape index (κ1) is 16.1. The second kappa shape index (κ2) is 6.79. The first-order chi connectivity index (χ1) is 11.1. The van der Waals surface area contributed by atoms with Gasteiger partial charge in [-0.05, 0) is 50.8 Å². The van der Waals surface area contributed by atoms with Gasteiger partial charge in [-0.1, -0.05) is 12.1 Å². The van der Waals surface area contributed by atoms with Gasteiger partial charge in [0.2, 0.25) is 0 Å². The standard InChI is InChI=1S/C18H27N3O2/c1-14(2)20-16-6-3-5-15(11-16)12-19-17(22)21-9-10-23-18(13-21)7-4-8-18/h3,5-6,11,14,20H,4,7-10,12-13H2,1-2H3,(H,19,22). The summed E-state index contributed by atoms with van der Waals surface area (Å²) in [7, 11) is 0. The second-order valence-electron chi connectivity index (χ2n) is 6.96. The average Bonchev–Trinajstić information content (AvgIpc) is 2.51. The molecule has 2 amide bonds. The molecule has 1 aliphatic heterocycles. The molecular formula is C18H27N3O2. The molecule has 0 unspecified atom stereocenters. The molecule has 2 fully saturated rings. The van der Waals surface area contributed by atoms with Crippen molar-refractivity contribution in [3.63, 3.8) is 0 Å². The fourth-order valence-corrected chi connectivity index (χ4v) is 3.29. The number of rotatable bonds is 4. The molecule has 0 bridgehead atoms. The molecule has 5 heteroatoms. The van der Waals surface area contributed by atoms with E-state index >= 15 is 0 Å². The molecule has 1 aromatic rings. The topological polar surface area (TPSA) is 53.6 Å². The summed E-state index contributed by atoms with van der Waals surface area (Å²) in [6.45, 7) is 6.85. The maximum Gasteiger partial charge on any atom is 0.317 e. The summed E-state index contributed by atoms with van der Waals surface area (Å²) in [5.41, 5.74) is 2.15. The number of nitrogens with one attached hydrogen (secondary N) is 2. The lowest BCUT2D eigenvalue weighted by Gasteiger charge is -2.48. The zero-order chi connectivity index (χ0) is 16.3. The van der Waals surface area contributed by atoms with Crippen molar-refractivity contribution in [3.05, 3.63) is 29.8 Å². The van der Waals surface area contributed by atoms with E-state index in [0.29, 0.717) is 25.7 Å². The number of morpholine rings is 1. The van der Waals surface area contributed by atoms with Gasteiger partial charge < -0.3 is 20.3 Å². The number of nitrogens with zero attached hydrogens (tertiary/aromatic N) is 1. The lowest BCUT2D eigenvalue weighted by molar-refractivity contribution is -0.141. The molecule has 1 saturated heterocycles. The largest absolute Gasteiger partial charge is 0.383 e. The highest BCUT2D eigenvalue weighted by molar-refractivity contribution is 5.74. The minimum atomic E-state index is -0.0449. The van der Waals surface area contributed by atoms with Crippen LogP contribution >= 0.6 is 0 Å². The van der Waals surface area contributed by atoms with E-state index in [1.165, 1.54) is 6.42 Å². The molecule has 1 aliphatic carbocycles. The number of urea groups is 1. The van der Waals surface area contributed by atoms with Crippen LogP contribution in [0.25, 0.3) is 0 Å². The van der Waals surface area contributed by atoms with Crippen molar-refractivity contribution in [2.75, 3.05) is 25.0 Å². The molecule has 1 aromatic carbocycles. The smallest absolute Gasteiger partial charge is 0.317 e. The molecule has 126 valence electrons. The van der Waals surface area contributed by atoms with Gasteiger partial charge in [0.1, 0.15) is 0 Å². The van der Waals surface area contributed by atoms with Crippen molar-refractivity contribution < 1.29 is 9.53 Å². The molecule has 0 aromatic heterocycles. The Labute approximate surface area is 138 Å². The number of carbonyl (C=O) groups is 1. The Hall–Kier alpha value is -1.75. The fourth-order valence-electron chi connectivity index (χ4n) is 3.29. The molecule has 2 aliphatic rings. The molecule has 1 heterocycles. The summed E-state index contributed by atoms with van der Waals surface area (Å²) >= 11 is 0. The van der Waals surface area contributed by atoms with Gasteiger partial charge >= 0.3 is 6.03 Å². The Morgan fingerprint density at radius 1 is 1.39 bits per heavy atom. The highest BCUT2D eigenvalue weighted by Crippen LogP contribution is 2.38. The van der Waals surface area contributed by atoms with Crippen LogP contribution in [0.4, 0.5) is 10.5 Å². The van der Waals surface area contributed by atoms with E-state index < -0.39 is 0 Å². The zero-order valence-corrected chi connectivity index (χ0v) is 14.1. The Kier molecular flexibility index (Phi) is 4.76. The summed E-state index contributed by atoms with van der Waals surface area (Å²) in [4.78, 5) is 14.3. The average molecular weight is 317 g/mol. The van der Waals surface area contributed by atoms with E-state index in [-0.39, 0.29) is 11.6 Å². The molecule has 2 N–H and O–H groups in total. The van der Waals surface area contributed by atoms with Crippen LogP contribution in [-0.4, -0.2) is 42.3 Å². The van der Waals surface area contributed by atoms with Gasteiger partial charge in [-0.3, -0.25) is 0 Å². The molecule has 0 atom stereocenters. The van der Waals surface area contributed by atoms with Crippen molar-refractivity contribution >= 4 is 11.7 Å². The Bertz CT molecular complexity index is 555. The van der Waals surface area contributed by atoms with E-state index in [1.807, 2.05) is 23.1 Å². The lowest BCUT2D eigenvalue weighted by atomic mass is 9.79. The SMILES string of the molecule is CC(C)Nc1cccc(CNC(=O)N2CCOC3(CCC3)C2)c1. The van der Waals surface area contributed by atoms with Crippen molar-refractivity contribution in [1.29, 1.82) is 0 Å². The monoisotopic (exact) mass is 317 g/mol. The van der Waals surface area contributed by atoms with E-state index in [2.05, 4.69) is 30.5 Å². The van der Waals surface area contributed by atoms with Gasteiger partial charge in [0, 0.05) is 24.8 Å². The summed E-state index contributed by atoms with van der Waals surface area (Å²) in [6, 6.07) is 8.61. The molecule has 5 nitrogen and oxygen atoms in total. The van der Waals surface area contributed by atoms with Crippen LogP contribution in [0.2, 0.25) is 0 Å². The molecular weight excluding hydrogens is 290 g/mol. The zero-order valence-electron chi connectivity index (χ0n) is 14.1. The van der Waals surface area contributed by atoms with Gasteiger partial charge in [-0.15, -0.1) is 0 Å². The van der Waals surface area contributed by atoms with Gasteiger partial charge in [0.05, 0.1) is 18.8 Å². The van der Waals surface area contributed by atoms with Gasteiger partial charge in [0.15, 0.2) is 0 Å². The summed E-state index contributed by atoms with van der Waals surface area (Å²) < 4.78 is 5.87. The minimum absolute atomic E-state index is 0.0156. The Morgan fingerprint density at radius 2 is 2.22 bits per heavy atom. The molecule has 0 radical (unpaired) electrons. The molecule has 1 spiro atoms. The van der Waals surface area contributed by atoms with Crippen molar-refractivity contribution in [3.8, 4) is 0 Å². The molecule has 1 saturated carbocycles. The van der Waals surface area contributed by atoms with Crippen LogP contribution in [0.15, 0.2) is 24.3 Å². The number of hydrogen-bond acceptors (Lipinski definition) is 3. The van der Waals surface area contributed by atoms with Crippen molar-refractivity contribution in [1.82, 2.24) is 10.2 Å². The number of hydrogen-bond donors (Lipinski definition) is 2. The third-order valence-corrected chi connectivity index (χ3v) is 4.63. The predicted octanol–water partition coefficient (Wildman–Crippen LogP) is 2.97. The Balaban J connectivity index is 1.52. The normalized spacial score (nSPS) is 19.5. The maximum atomic E-state index is 12.4. The lowest BCUT2D eigenvalue weighted by Crippen LogP contribution is -2.58. The first-order valence-electron chi connectivity index (χ1n) is 8.59. The van der Waals surface area contributed by atoms with Crippen LogP contribution < -0.4 is 10.6 Å². The summed E-state index contributed by atoms with van der Waals surface area (Å²) in [5, 5.41) is 6.42. The third kappa shape index (κ3) is 3.96. The van der Waals surface area contributed by atoms with E-state index in [0.717, 1.165) is 30.6 Å². The third-order valence-electron chi connectivity index (χ3n) is 4.63. The van der Waals surface area contributed by atoms with Crippen molar-refractivity contribution in [2.45, 2.75) is 51.3 Å². The van der Waals surface area contributed by atoms with E-state index in [1.54, 1.807) is 0 Å². The van der Waals surface area contributed by atoms with E-state index in [9.17, 15) is 4.79 Å². The highest BCUT2D eigenvalue weighted by atomic mass is 16.5. The Morgan fingerprint density at radius 3 is 2.91 bits per heavy atom. The number of anilines is 1. The van der Waals surface area contributed by atoms with Crippen LogP contribution in [0.1, 0.15) is 38.7 Å². The molecule has 23 heavy (non-hydrogen) atoms. The number of amides is 2.